The molecule has 0 heterocycles. The fraction of sp³-hybridized carbons (Fsp3) is 0.333. The van der Waals surface area contributed by atoms with Crippen LogP contribution in [0.2, 0.25) is 0 Å². The van der Waals surface area contributed by atoms with Gasteiger partial charge in [0.05, 0.1) is 0 Å². The van der Waals surface area contributed by atoms with Gasteiger partial charge in [-0.3, -0.25) is 0 Å². The van der Waals surface area contributed by atoms with Gasteiger partial charge < -0.3 is 37.2 Å². The van der Waals surface area contributed by atoms with E-state index in [1.54, 1.807) is 3.88 Å². The molecule has 1 aromatic carbocycles. The predicted octanol–water partition coefficient (Wildman–Crippen LogP) is -5.64. The second-order valence-corrected chi connectivity index (χ2v) is 7.70. The number of benzene rings is 1. The number of hydrogen-bond donors (Lipinski definition) is 0. The van der Waals surface area contributed by atoms with Gasteiger partial charge in [0, 0.05) is 0 Å². The Morgan fingerprint density at radius 1 is 1.05 bits per heavy atom. The number of allylic oxidation sites excluding steroid dienone is 4. The van der Waals surface area contributed by atoms with Crippen molar-refractivity contribution in [1.29, 1.82) is 0 Å². The first-order valence-corrected chi connectivity index (χ1v) is 7.56. The number of nitrogens with zero attached hydrogens (tertiary/aromatic N) is 1. The summed E-state index contributed by atoms with van der Waals surface area (Å²) in [5.41, 5.74) is 1.44. The van der Waals surface area contributed by atoms with E-state index in [0.29, 0.717) is 0 Å². The van der Waals surface area contributed by atoms with Crippen LogP contribution in [0.15, 0.2) is 52.4 Å². The molecule has 1 nitrogen and oxygen atoms in total. The minimum absolute atomic E-state index is 0. The number of halogens is 3. The van der Waals surface area contributed by atoms with Gasteiger partial charge >= 0.3 is 113 Å². The molecule has 1 unspecified atom stereocenters. The van der Waals surface area contributed by atoms with Crippen LogP contribution >= 0.6 is 0 Å². The van der Waals surface area contributed by atoms with E-state index in [2.05, 4.69) is 74.5 Å². The van der Waals surface area contributed by atoms with Gasteiger partial charge in [-0.1, -0.05) is 0 Å². The summed E-state index contributed by atoms with van der Waals surface area (Å²) in [6.45, 7) is 2.38. The molecule has 0 bridgehead atoms. The maximum Gasteiger partial charge on any atom is -1.00 e. The van der Waals surface area contributed by atoms with Crippen LogP contribution in [0.4, 0.5) is 0 Å². The van der Waals surface area contributed by atoms with E-state index in [4.69, 9.17) is 0 Å². The quantitative estimate of drug-likeness (QED) is 0.480. The summed E-state index contributed by atoms with van der Waals surface area (Å²) in [6.07, 6.45) is 7.93. The molecule has 0 spiro atoms. The Balaban J connectivity index is 0. The van der Waals surface area contributed by atoms with E-state index in [-0.39, 0.29) is 60.2 Å². The van der Waals surface area contributed by atoms with Gasteiger partial charge in [-0.05, 0) is 0 Å². The van der Waals surface area contributed by atoms with Gasteiger partial charge in [0.1, 0.15) is 0 Å². The van der Waals surface area contributed by atoms with Crippen LogP contribution in [-0.4, -0.2) is 19.0 Å². The molecule has 2 rings (SSSR count). The summed E-state index contributed by atoms with van der Waals surface area (Å²) in [5.74, 6) is 0. The minimum atomic E-state index is -0.175. The summed E-state index contributed by atoms with van der Waals surface area (Å²) >= 11 is -0.175. The zero-order chi connectivity index (χ0) is 12.3. The van der Waals surface area contributed by atoms with Crippen LogP contribution in [0.5, 0.6) is 0 Å². The zero-order valence-electron chi connectivity index (χ0n) is 11.9. The van der Waals surface area contributed by atoms with Crippen LogP contribution in [0.25, 0.3) is 0 Å². The minimum Gasteiger partial charge on any atom is -1.00 e. The first-order valence-electron chi connectivity index (χ1n) is 6.00. The molecule has 5 heteroatoms. The van der Waals surface area contributed by atoms with Gasteiger partial charge in [0.25, 0.3) is 0 Å². The smallest absolute Gasteiger partial charge is 1.00 e. The molecule has 109 valence electrons. The average molecular weight is 368 g/mol. The van der Waals surface area contributed by atoms with Crippen molar-refractivity contribution in [2.24, 2.45) is 0 Å². The molecule has 0 radical (unpaired) electrons. The summed E-state index contributed by atoms with van der Waals surface area (Å²) in [7, 11) is 4.39. The summed E-state index contributed by atoms with van der Waals surface area (Å²) < 4.78 is 1.85. The van der Waals surface area contributed by atoms with Crippen molar-refractivity contribution >= 4 is 0 Å². The molecule has 1 atom stereocenters. The van der Waals surface area contributed by atoms with Crippen LogP contribution in [0.3, 0.4) is 0 Å². The van der Waals surface area contributed by atoms with Crippen molar-refractivity contribution in [3.63, 3.8) is 0 Å². The zero-order valence-corrected chi connectivity index (χ0v) is 15.7. The Bertz CT molecular complexity index is 446. The first-order chi connectivity index (χ1) is 8.13. The van der Waals surface area contributed by atoms with Gasteiger partial charge in [-0.15, -0.1) is 0 Å². The molecule has 0 saturated heterocycles. The third-order valence-corrected chi connectivity index (χ3v) is 6.40. The Kier molecular flexibility index (Phi) is 11.3. The van der Waals surface area contributed by atoms with E-state index in [0.717, 1.165) is 6.42 Å². The monoisotopic (exact) mass is 366 g/mol. The van der Waals surface area contributed by atoms with Crippen molar-refractivity contribution in [2.75, 3.05) is 14.1 Å². The normalized spacial score (nSPS) is 15.1. The van der Waals surface area contributed by atoms with Gasteiger partial charge in [0.15, 0.2) is 0 Å². The maximum atomic E-state index is 2.38. The van der Waals surface area contributed by atoms with E-state index < -0.39 is 0 Å². The van der Waals surface area contributed by atoms with E-state index >= 15 is 0 Å². The molecule has 20 heavy (non-hydrogen) atoms. The maximum absolute atomic E-state index is 2.38. The SMILES string of the molecule is CN(C)[C](C)([Ti+3][C]1=CC=CC1)c1ccccc1.[Cl-].[Cl-].[Cl-]. The molecule has 0 amide bonds. The van der Waals surface area contributed by atoms with Crippen molar-refractivity contribution < 1.29 is 56.4 Å². The van der Waals surface area contributed by atoms with Gasteiger partial charge in [-0.2, -0.15) is 0 Å². The molecular weight excluding hydrogens is 348 g/mol. The molecule has 1 aliphatic rings. The molecule has 0 N–H and O–H groups in total. The van der Waals surface area contributed by atoms with Crippen LogP contribution in [-0.2, 0) is 23.0 Å². The van der Waals surface area contributed by atoms with E-state index in [1.165, 1.54) is 5.56 Å². The van der Waals surface area contributed by atoms with Crippen LogP contribution < -0.4 is 37.2 Å². The Morgan fingerprint density at radius 2 is 1.65 bits per heavy atom. The molecule has 1 aromatic rings. The second kappa shape index (κ2) is 10.1. The Morgan fingerprint density at radius 3 is 2.10 bits per heavy atom. The van der Waals surface area contributed by atoms with Crippen molar-refractivity contribution in [3.8, 4) is 0 Å². The summed E-state index contributed by atoms with van der Waals surface area (Å²) in [5, 5.41) is 0. The Labute approximate surface area is 150 Å². The third kappa shape index (κ3) is 5.22. The summed E-state index contributed by atoms with van der Waals surface area (Å²) in [4.78, 5) is 2.38. The first kappa shape index (κ1) is 22.5. The van der Waals surface area contributed by atoms with Gasteiger partial charge in [0.2, 0.25) is 0 Å². The topological polar surface area (TPSA) is 3.24 Å². The molecular formula is C15H19Cl3NTi. The number of rotatable bonds is 4. The fourth-order valence-corrected chi connectivity index (χ4v) is 4.49. The van der Waals surface area contributed by atoms with E-state index in [9.17, 15) is 0 Å². The standard InChI is InChI=1S/C10H14N.C5H5.3ClH.Ti/c1-9(11(2)3)10-7-5-4-6-8-10;1-2-4-5-3-1;;;;/h4-8H,1-3H3;1-3H,4H2;3*1H;/q;;;;;+3/p-3. The molecule has 1 aliphatic carbocycles. The van der Waals surface area contributed by atoms with Crippen molar-refractivity contribution in [2.45, 2.75) is 17.2 Å². The Hall–Kier alpha value is 0.244. The third-order valence-electron chi connectivity index (χ3n) is 3.41. The second-order valence-electron chi connectivity index (χ2n) is 4.78. The molecule has 0 aromatic heterocycles. The molecule has 0 saturated carbocycles. The van der Waals surface area contributed by atoms with Crippen LogP contribution in [0.1, 0.15) is 18.9 Å². The molecule has 0 fully saturated rings. The number of hydrogen-bond acceptors (Lipinski definition) is 1. The molecule has 0 aliphatic heterocycles. The van der Waals surface area contributed by atoms with E-state index in [1.807, 2.05) is 0 Å². The fourth-order valence-electron chi connectivity index (χ4n) is 2.06. The van der Waals surface area contributed by atoms with Crippen molar-refractivity contribution in [1.82, 2.24) is 4.90 Å². The van der Waals surface area contributed by atoms with Crippen LogP contribution in [0, 0.1) is 0 Å². The van der Waals surface area contributed by atoms with Crippen molar-refractivity contribution in [3.05, 3.63) is 58.0 Å². The largest absolute Gasteiger partial charge is 1.00 e. The van der Waals surface area contributed by atoms with Gasteiger partial charge in [-0.25, -0.2) is 0 Å². The predicted molar refractivity (Wildman–Crippen MR) is 69.3 cm³/mol. The average Bonchev–Trinajstić information content (AvgIpc) is 2.82. The summed E-state index contributed by atoms with van der Waals surface area (Å²) in [6, 6.07) is 10.9.